The molecule has 0 fully saturated rings. The van der Waals surface area contributed by atoms with Crippen LogP contribution in [0.1, 0.15) is 6.92 Å². The van der Waals surface area contributed by atoms with Gasteiger partial charge in [0.1, 0.15) is 0 Å². The first-order chi connectivity index (χ1) is 2.27. The number of hydrogen-bond acceptors (Lipinski definition) is 2. The standard InChI is InChI=1S/C2H5NO2/c1-2(4)3-5/h5H,1H3,(H,3,4)/p+1. The number of hydrogen-bond donors (Lipinski definition) is 2. The fourth-order valence-corrected chi connectivity index (χ4v) is 0. The van der Waals surface area contributed by atoms with E-state index in [4.69, 9.17) is 5.21 Å². The second-order valence-corrected chi connectivity index (χ2v) is 0.740. The van der Waals surface area contributed by atoms with Gasteiger partial charge in [0.15, 0.2) is 0 Å². The average Bonchev–Trinajstić information content (AvgIpc) is 1.38. The maximum Gasteiger partial charge on any atom is 0.339 e. The summed E-state index contributed by atoms with van der Waals surface area (Å²) >= 11 is 0. The van der Waals surface area contributed by atoms with Crippen molar-refractivity contribution in [2.45, 2.75) is 6.92 Å². The lowest BCUT2D eigenvalue weighted by atomic mass is 10.8. The number of amides is 1. The largest absolute Gasteiger partial charge is 0.339 e. The zero-order valence-electron chi connectivity index (χ0n) is 2.93. The van der Waals surface area contributed by atoms with E-state index in [0.717, 1.165) is 0 Å². The van der Waals surface area contributed by atoms with Crippen LogP contribution in [0.5, 0.6) is 0 Å². The molecule has 0 heterocycles. The minimum Gasteiger partial charge on any atom is -0.228 e. The first-order valence-electron chi connectivity index (χ1n) is 1.25. The van der Waals surface area contributed by atoms with Crippen LogP contribution >= 0.6 is 0 Å². The maximum atomic E-state index is 9.51. The smallest absolute Gasteiger partial charge is 0.228 e. The van der Waals surface area contributed by atoms with Crippen LogP contribution in [0.3, 0.4) is 0 Å². The summed E-state index contributed by atoms with van der Waals surface area (Å²) in [6, 6.07) is 0. The van der Waals surface area contributed by atoms with Crippen LogP contribution in [0.25, 0.3) is 0 Å². The Bertz CT molecular complexity index is 42.9. The third-order valence-electron chi connectivity index (χ3n) is 0.182. The number of carbonyl (C=O) groups excluding carboxylic acids is 1. The lowest BCUT2D eigenvalue weighted by molar-refractivity contribution is -0.814. The Morgan fingerprint density at radius 2 is 2.20 bits per heavy atom. The Balaban J connectivity index is 2.85. The number of carbonyl (C=O) groups is 1. The molecule has 5 heavy (non-hydrogen) atoms. The van der Waals surface area contributed by atoms with Crippen LogP contribution in [0.4, 0.5) is 0 Å². The molecule has 0 rings (SSSR count). The number of quaternary nitrogens is 1. The molecule has 0 atom stereocenters. The quantitative estimate of drug-likeness (QED) is 0.272. The van der Waals surface area contributed by atoms with Crippen LogP contribution in [-0.4, -0.2) is 11.1 Å². The van der Waals surface area contributed by atoms with Gasteiger partial charge in [0.2, 0.25) is 0 Å². The molecule has 0 spiro atoms. The zero-order chi connectivity index (χ0) is 4.28. The summed E-state index contributed by atoms with van der Waals surface area (Å²) in [6.07, 6.45) is 0. The van der Waals surface area contributed by atoms with E-state index in [9.17, 15) is 4.79 Å². The van der Waals surface area contributed by atoms with E-state index >= 15 is 0 Å². The SMILES string of the molecule is CC(=O)[NH2+]O. The summed E-state index contributed by atoms with van der Waals surface area (Å²) in [6.45, 7) is 1.28. The van der Waals surface area contributed by atoms with Gasteiger partial charge in [0, 0.05) is 0 Å². The summed E-state index contributed by atoms with van der Waals surface area (Å²) in [5, 5.41) is 7.67. The van der Waals surface area contributed by atoms with Gasteiger partial charge in [-0.25, -0.2) is 10.0 Å². The van der Waals surface area contributed by atoms with Crippen LogP contribution in [0, 0.1) is 0 Å². The molecule has 0 saturated heterocycles. The van der Waals surface area contributed by atoms with Gasteiger partial charge in [-0.3, -0.25) is 0 Å². The predicted molar refractivity (Wildman–Crippen MR) is 14.4 cm³/mol. The Kier molecular flexibility index (Phi) is 1.72. The Morgan fingerprint density at radius 1 is 2.00 bits per heavy atom. The fourth-order valence-electron chi connectivity index (χ4n) is 0. The molecule has 0 aromatic rings. The van der Waals surface area contributed by atoms with Gasteiger partial charge in [0.25, 0.3) is 0 Å². The first-order valence-corrected chi connectivity index (χ1v) is 1.25. The summed E-state index contributed by atoms with van der Waals surface area (Å²) in [4.78, 5) is 9.51. The second-order valence-electron chi connectivity index (χ2n) is 0.740. The van der Waals surface area contributed by atoms with Gasteiger partial charge in [-0.1, -0.05) is 0 Å². The van der Waals surface area contributed by atoms with Gasteiger partial charge < -0.3 is 0 Å². The molecule has 0 aromatic carbocycles. The normalized spacial score (nSPS) is 7.60. The maximum absolute atomic E-state index is 9.51. The van der Waals surface area contributed by atoms with Gasteiger partial charge in [-0.2, -0.15) is 0 Å². The lowest BCUT2D eigenvalue weighted by Crippen LogP contribution is -2.83. The van der Waals surface area contributed by atoms with Gasteiger partial charge in [0.05, 0.1) is 6.92 Å². The molecule has 0 aliphatic rings. The molecule has 1 amide bonds. The van der Waals surface area contributed by atoms with Crippen LogP contribution in [0.2, 0.25) is 0 Å². The van der Waals surface area contributed by atoms with Gasteiger partial charge in [-0.15, -0.1) is 5.48 Å². The third-order valence-corrected chi connectivity index (χ3v) is 0.182. The van der Waals surface area contributed by atoms with E-state index in [1.54, 1.807) is 0 Å². The molecule has 0 bridgehead atoms. The van der Waals surface area contributed by atoms with E-state index in [1.165, 1.54) is 6.92 Å². The highest BCUT2D eigenvalue weighted by Crippen LogP contribution is 1.31. The predicted octanol–water partition coefficient (Wildman–Crippen LogP) is -1.51. The van der Waals surface area contributed by atoms with Crippen molar-refractivity contribution < 1.29 is 15.5 Å². The van der Waals surface area contributed by atoms with Crippen molar-refractivity contribution in [3.63, 3.8) is 0 Å². The third kappa shape index (κ3) is 3.59. The van der Waals surface area contributed by atoms with E-state index in [1.807, 2.05) is 0 Å². The van der Waals surface area contributed by atoms with Crippen molar-refractivity contribution in [2.24, 2.45) is 0 Å². The molecule has 3 N–H and O–H groups in total. The minimum atomic E-state index is -0.315. The van der Waals surface area contributed by atoms with Crippen molar-refractivity contribution in [1.29, 1.82) is 0 Å². The van der Waals surface area contributed by atoms with Crippen molar-refractivity contribution in [3.05, 3.63) is 0 Å². The number of nitrogens with two attached hydrogens (primary N) is 1. The molecule has 0 aliphatic carbocycles. The van der Waals surface area contributed by atoms with Crippen molar-refractivity contribution in [3.8, 4) is 0 Å². The monoisotopic (exact) mass is 76.0 g/mol. The molecule has 0 radical (unpaired) electrons. The highest BCUT2D eigenvalue weighted by Gasteiger charge is 1.83. The summed E-state index contributed by atoms with van der Waals surface area (Å²) < 4.78 is 0. The molecule has 0 aromatic heterocycles. The van der Waals surface area contributed by atoms with Crippen LogP contribution in [0.15, 0.2) is 0 Å². The zero-order valence-corrected chi connectivity index (χ0v) is 2.93. The van der Waals surface area contributed by atoms with Crippen molar-refractivity contribution in [2.75, 3.05) is 0 Å². The topological polar surface area (TPSA) is 53.9 Å². The molecular weight excluding hydrogens is 70.0 g/mol. The van der Waals surface area contributed by atoms with E-state index in [-0.39, 0.29) is 5.91 Å². The first kappa shape index (κ1) is 4.59. The number of hydroxylamine groups is 1. The Morgan fingerprint density at radius 3 is 2.20 bits per heavy atom. The summed E-state index contributed by atoms with van der Waals surface area (Å²) in [7, 11) is 0. The van der Waals surface area contributed by atoms with Crippen molar-refractivity contribution in [1.82, 2.24) is 0 Å². The molecule has 0 unspecified atom stereocenters. The molecule has 0 saturated carbocycles. The van der Waals surface area contributed by atoms with Crippen LogP contribution < -0.4 is 5.48 Å². The summed E-state index contributed by atoms with van der Waals surface area (Å²) in [5.74, 6) is -0.315. The van der Waals surface area contributed by atoms with E-state index in [2.05, 4.69) is 0 Å². The Labute approximate surface area is 29.6 Å². The van der Waals surface area contributed by atoms with Crippen molar-refractivity contribution >= 4 is 5.91 Å². The molecule has 3 heteroatoms. The lowest BCUT2D eigenvalue weighted by Gasteiger charge is -1.70. The molecule has 0 aliphatic heterocycles. The highest BCUT2D eigenvalue weighted by atomic mass is 16.5. The molecule has 3 nitrogen and oxygen atoms in total. The van der Waals surface area contributed by atoms with Gasteiger partial charge >= 0.3 is 5.91 Å². The minimum absolute atomic E-state index is 0.315. The van der Waals surface area contributed by atoms with Crippen LogP contribution in [-0.2, 0) is 4.79 Å². The fraction of sp³-hybridized carbons (Fsp3) is 0.500. The van der Waals surface area contributed by atoms with E-state index < -0.39 is 0 Å². The van der Waals surface area contributed by atoms with Gasteiger partial charge in [-0.05, 0) is 0 Å². The Hall–Kier alpha value is -0.410. The number of rotatable bonds is 0. The molecule has 30 valence electrons. The second kappa shape index (κ2) is 1.87. The number of primary amides is 1. The average molecular weight is 76.1 g/mol. The molecular formula is C2H6NO2+. The highest BCUT2D eigenvalue weighted by molar-refractivity contribution is 5.60. The van der Waals surface area contributed by atoms with E-state index in [0.29, 0.717) is 5.48 Å². The summed E-state index contributed by atoms with van der Waals surface area (Å²) in [5.41, 5.74) is 0.528.